The van der Waals surface area contributed by atoms with Crippen molar-refractivity contribution in [3.63, 3.8) is 0 Å². The Labute approximate surface area is 210 Å². The van der Waals surface area contributed by atoms with Crippen molar-refractivity contribution >= 4 is 0 Å². The van der Waals surface area contributed by atoms with Gasteiger partial charge in [0.05, 0.1) is 52.9 Å². The Morgan fingerprint density at radius 3 is 1.29 bits per heavy atom. The number of methoxy groups -OCH3 is 2. The van der Waals surface area contributed by atoms with Gasteiger partial charge < -0.3 is 28.4 Å². The van der Waals surface area contributed by atoms with E-state index in [1.807, 2.05) is 0 Å². The second-order valence-electron chi connectivity index (χ2n) is 9.12. The van der Waals surface area contributed by atoms with E-state index in [2.05, 4.69) is 50.2 Å². The second kappa shape index (κ2) is 14.7. The fourth-order valence-electron chi connectivity index (χ4n) is 4.81. The minimum atomic E-state index is -0.142. The maximum atomic E-state index is 6.04. The summed E-state index contributed by atoms with van der Waals surface area (Å²) in [5, 5.41) is 0. The Balaban J connectivity index is 1.70. The Hall–Kier alpha value is -1.80. The molecule has 0 aliphatic heterocycles. The van der Waals surface area contributed by atoms with Crippen molar-refractivity contribution < 1.29 is 28.4 Å². The molecule has 35 heavy (non-hydrogen) atoms. The Morgan fingerprint density at radius 1 is 0.514 bits per heavy atom. The van der Waals surface area contributed by atoms with Crippen LogP contribution in [0.5, 0.6) is 0 Å². The molecule has 0 unspecified atom stereocenters. The highest BCUT2D eigenvalue weighted by Crippen LogP contribution is 2.53. The first-order chi connectivity index (χ1) is 17.1. The first kappa shape index (κ1) is 27.8. The average Bonchev–Trinajstić information content (AvgIpc) is 3.11. The van der Waals surface area contributed by atoms with Crippen LogP contribution in [0.25, 0.3) is 11.1 Å². The van der Waals surface area contributed by atoms with Crippen molar-refractivity contribution in [3.8, 4) is 11.1 Å². The van der Waals surface area contributed by atoms with Crippen LogP contribution in [0.4, 0.5) is 0 Å². The summed E-state index contributed by atoms with van der Waals surface area (Å²) in [4.78, 5) is 0. The van der Waals surface area contributed by atoms with Gasteiger partial charge in [-0.05, 0) is 48.9 Å². The summed E-state index contributed by atoms with van der Waals surface area (Å²) >= 11 is 0. The summed E-state index contributed by atoms with van der Waals surface area (Å²) in [5.41, 5.74) is 7.84. The molecule has 0 heterocycles. The minimum absolute atomic E-state index is 0.142. The first-order valence-electron chi connectivity index (χ1n) is 12.6. The van der Waals surface area contributed by atoms with Crippen molar-refractivity contribution in [1.82, 2.24) is 0 Å². The van der Waals surface area contributed by atoms with Crippen molar-refractivity contribution in [2.75, 3.05) is 80.3 Å². The lowest BCUT2D eigenvalue weighted by Crippen LogP contribution is -2.30. The van der Waals surface area contributed by atoms with E-state index in [1.165, 1.54) is 33.4 Å². The molecule has 2 aromatic carbocycles. The standard InChI is InChI=1S/C29H42O6/c1-23-5-7-25-26-8-6-24(2)22-28(26)29(27(25)21-23,9-11-32-17-19-34-15-13-30-3)10-12-33-18-20-35-16-14-31-4/h5-8,21-22H,9-20H2,1-4H3. The predicted molar refractivity (Wildman–Crippen MR) is 138 cm³/mol. The van der Waals surface area contributed by atoms with Crippen LogP contribution in [0.15, 0.2) is 36.4 Å². The summed E-state index contributed by atoms with van der Waals surface area (Å²) in [7, 11) is 3.36. The van der Waals surface area contributed by atoms with Gasteiger partial charge in [0.1, 0.15) is 0 Å². The summed E-state index contributed by atoms with van der Waals surface area (Å²) in [6.07, 6.45) is 1.79. The molecule has 0 N–H and O–H groups in total. The number of fused-ring (bicyclic) bond motifs is 3. The van der Waals surface area contributed by atoms with Gasteiger partial charge in [-0.1, -0.05) is 47.5 Å². The van der Waals surface area contributed by atoms with Gasteiger partial charge in [-0.3, -0.25) is 0 Å². The highest BCUT2D eigenvalue weighted by molar-refractivity contribution is 5.81. The molecule has 194 valence electrons. The van der Waals surface area contributed by atoms with Crippen molar-refractivity contribution in [1.29, 1.82) is 0 Å². The van der Waals surface area contributed by atoms with E-state index in [1.54, 1.807) is 14.2 Å². The molecule has 6 heteroatoms. The van der Waals surface area contributed by atoms with Crippen molar-refractivity contribution in [2.45, 2.75) is 32.1 Å². The molecule has 1 aliphatic carbocycles. The van der Waals surface area contributed by atoms with Crippen LogP contribution in [0, 0.1) is 13.8 Å². The molecule has 0 spiro atoms. The molecule has 1 aliphatic rings. The zero-order chi connectivity index (χ0) is 24.9. The van der Waals surface area contributed by atoms with E-state index >= 15 is 0 Å². The quantitative estimate of drug-likeness (QED) is 0.285. The normalized spacial score (nSPS) is 13.7. The first-order valence-corrected chi connectivity index (χ1v) is 12.6. The largest absolute Gasteiger partial charge is 0.382 e. The number of ether oxygens (including phenoxy) is 6. The molecule has 0 radical (unpaired) electrons. The summed E-state index contributed by atoms with van der Waals surface area (Å²) < 4.78 is 33.2. The van der Waals surface area contributed by atoms with Crippen LogP contribution in [0.3, 0.4) is 0 Å². The third kappa shape index (κ3) is 7.59. The number of hydrogen-bond acceptors (Lipinski definition) is 6. The Bertz CT molecular complexity index is 823. The number of hydrogen-bond donors (Lipinski definition) is 0. The Morgan fingerprint density at radius 2 is 0.886 bits per heavy atom. The molecule has 0 saturated heterocycles. The SMILES string of the molecule is COCCOCCOCCC1(CCOCCOCCOC)c2cc(C)ccc2-c2ccc(C)cc21. The fourth-order valence-corrected chi connectivity index (χ4v) is 4.81. The van der Waals surface area contributed by atoms with Gasteiger partial charge in [0.15, 0.2) is 0 Å². The van der Waals surface area contributed by atoms with Gasteiger partial charge in [-0.2, -0.15) is 0 Å². The van der Waals surface area contributed by atoms with E-state index in [-0.39, 0.29) is 5.41 Å². The molecule has 0 atom stereocenters. The van der Waals surface area contributed by atoms with Crippen LogP contribution < -0.4 is 0 Å². The maximum Gasteiger partial charge on any atom is 0.0701 e. The lowest BCUT2D eigenvalue weighted by molar-refractivity contribution is 0.0145. The third-order valence-electron chi connectivity index (χ3n) is 6.63. The predicted octanol–water partition coefficient (Wildman–Crippen LogP) is 4.71. The van der Waals surface area contributed by atoms with Crippen LogP contribution in [0.1, 0.15) is 35.1 Å². The summed E-state index contributed by atoms with van der Waals surface area (Å²) in [5.74, 6) is 0. The summed E-state index contributed by atoms with van der Waals surface area (Å²) in [6.45, 7) is 10.4. The lowest BCUT2D eigenvalue weighted by Gasteiger charge is -2.33. The summed E-state index contributed by atoms with van der Waals surface area (Å²) in [6, 6.07) is 13.7. The molecule has 3 rings (SSSR count). The van der Waals surface area contributed by atoms with E-state index in [9.17, 15) is 0 Å². The van der Waals surface area contributed by atoms with Crippen molar-refractivity contribution in [3.05, 3.63) is 58.7 Å². The molecule has 0 saturated carbocycles. The topological polar surface area (TPSA) is 55.4 Å². The zero-order valence-corrected chi connectivity index (χ0v) is 21.9. The Kier molecular flexibility index (Phi) is 11.7. The molecule has 0 bridgehead atoms. The van der Waals surface area contributed by atoms with E-state index in [0.29, 0.717) is 66.1 Å². The van der Waals surface area contributed by atoms with Gasteiger partial charge in [-0.15, -0.1) is 0 Å². The van der Waals surface area contributed by atoms with Crippen LogP contribution in [-0.4, -0.2) is 80.3 Å². The smallest absolute Gasteiger partial charge is 0.0701 e. The van der Waals surface area contributed by atoms with Gasteiger partial charge in [-0.25, -0.2) is 0 Å². The molecule has 2 aromatic rings. The highest BCUT2D eigenvalue weighted by Gasteiger charge is 2.42. The molecule has 6 nitrogen and oxygen atoms in total. The average molecular weight is 487 g/mol. The van der Waals surface area contributed by atoms with Crippen LogP contribution >= 0.6 is 0 Å². The number of rotatable bonds is 18. The van der Waals surface area contributed by atoms with E-state index in [4.69, 9.17) is 28.4 Å². The van der Waals surface area contributed by atoms with Crippen LogP contribution in [-0.2, 0) is 33.8 Å². The maximum absolute atomic E-state index is 6.04. The minimum Gasteiger partial charge on any atom is -0.382 e. The van der Waals surface area contributed by atoms with Crippen molar-refractivity contribution in [2.24, 2.45) is 0 Å². The number of aryl methyl sites for hydroxylation is 2. The lowest BCUT2D eigenvalue weighted by atomic mass is 9.72. The van der Waals surface area contributed by atoms with E-state index < -0.39 is 0 Å². The highest BCUT2D eigenvalue weighted by atomic mass is 16.5. The molecular formula is C29H42O6. The monoisotopic (exact) mass is 486 g/mol. The molecular weight excluding hydrogens is 444 g/mol. The molecule has 0 fully saturated rings. The molecule has 0 aromatic heterocycles. The van der Waals surface area contributed by atoms with Gasteiger partial charge in [0.2, 0.25) is 0 Å². The van der Waals surface area contributed by atoms with E-state index in [0.717, 1.165) is 12.8 Å². The van der Waals surface area contributed by atoms with Gasteiger partial charge in [0.25, 0.3) is 0 Å². The van der Waals surface area contributed by atoms with Gasteiger partial charge >= 0.3 is 0 Å². The second-order valence-corrected chi connectivity index (χ2v) is 9.12. The molecule has 0 amide bonds. The number of benzene rings is 2. The van der Waals surface area contributed by atoms with Gasteiger partial charge in [0, 0.05) is 32.8 Å². The fraction of sp³-hybridized carbons (Fsp3) is 0.586. The zero-order valence-electron chi connectivity index (χ0n) is 21.9. The van der Waals surface area contributed by atoms with Crippen LogP contribution in [0.2, 0.25) is 0 Å². The third-order valence-corrected chi connectivity index (χ3v) is 6.63.